The second-order valence-corrected chi connectivity index (χ2v) is 5.21. The Hall–Kier alpha value is -2.91. The lowest BCUT2D eigenvalue weighted by Crippen LogP contribution is -2.19. The minimum Gasteiger partial charge on any atom is -0.497 e. The van der Waals surface area contributed by atoms with Crippen molar-refractivity contribution in [3.05, 3.63) is 52.1 Å². The van der Waals surface area contributed by atoms with Crippen molar-refractivity contribution < 1.29 is 34.0 Å². The number of esters is 1. The second-order valence-electron chi connectivity index (χ2n) is 5.21. The molecule has 0 saturated heterocycles. The van der Waals surface area contributed by atoms with Crippen LogP contribution in [0.4, 0.5) is 0 Å². The summed E-state index contributed by atoms with van der Waals surface area (Å²) < 4.78 is 15.1. The molecule has 0 aliphatic carbocycles. The molecule has 0 aliphatic heterocycles. The number of methoxy groups -OCH3 is 1. The van der Waals surface area contributed by atoms with Crippen LogP contribution in [0.25, 0.3) is 10.8 Å². The van der Waals surface area contributed by atoms with Gasteiger partial charge in [-0.2, -0.15) is 0 Å². The lowest BCUT2D eigenvalue weighted by Gasteiger charge is -2.12. The highest BCUT2D eigenvalue weighted by Crippen LogP contribution is 2.24. The summed E-state index contributed by atoms with van der Waals surface area (Å²) in [5, 5.41) is 20.9. The summed E-state index contributed by atoms with van der Waals surface area (Å²) in [6.45, 7) is -0.253. The maximum absolute atomic E-state index is 11.9. The van der Waals surface area contributed by atoms with E-state index in [2.05, 4.69) is 4.84 Å². The summed E-state index contributed by atoms with van der Waals surface area (Å²) >= 11 is 0. The molecule has 2 rings (SSSR count). The van der Waals surface area contributed by atoms with Gasteiger partial charge in [-0.05, 0) is 34.5 Å². The van der Waals surface area contributed by atoms with Crippen molar-refractivity contribution in [1.29, 1.82) is 0 Å². The minimum atomic E-state index is -1.42. The Morgan fingerprint density at radius 3 is 2.54 bits per heavy atom. The predicted molar refractivity (Wildman–Crippen MR) is 90.2 cm³/mol. The van der Waals surface area contributed by atoms with E-state index >= 15 is 0 Å². The van der Waals surface area contributed by atoms with Crippen LogP contribution in [0.15, 0.2) is 36.4 Å². The first-order valence-electron chi connectivity index (χ1n) is 7.78. The van der Waals surface area contributed by atoms with E-state index < -0.39 is 17.2 Å². The number of aliphatic hydroxyl groups is 1. The summed E-state index contributed by atoms with van der Waals surface area (Å²) in [7, 11) is 1.58. The SMILES string of the molecule is COc1ccc2cc(C(O)C(=O)OCCOCCO[N+](=O)[O-])ccc2c1. The molecule has 0 amide bonds. The van der Waals surface area contributed by atoms with Crippen molar-refractivity contribution in [3.8, 4) is 5.75 Å². The number of carbonyl (C=O) groups is 1. The molecule has 0 bridgehead atoms. The number of carbonyl (C=O) groups excluding carboxylic acids is 1. The third-order valence-corrected chi connectivity index (χ3v) is 3.51. The normalized spacial score (nSPS) is 11.8. The quantitative estimate of drug-likeness (QED) is 0.292. The van der Waals surface area contributed by atoms with Gasteiger partial charge in [0.05, 0.1) is 20.3 Å². The fraction of sp³-hybridized carbons (Fsp3) is 0.353. The summed E-state index contributed by atoms with van der Waals surface area (Å²) in [6.07, 6.45) is -1.42. The van der Waals surface area contributed by atoms with Crippen LogP contribution in [0.3, 0.4) is 0 Å². The van der Waals surface area contributed by atoms with Crippen molar-refractivity contribution in [3.63, 3.8) is 0 Å². The molecule has 0 radical (unpaired) electrons. The van der Waals surface area contributed by atoms with Gasteiger partial charge < -0.3 is 24.2 Å². The van der Waals surface area contributed by atoms with Crippen LogP contribution in [0.1, 0.15) is 11.7 Å². The van der Waals surface area contributed by atoms with Crippen LogP contribution >= 0.6 is 0 Å². The van der Waals surface area contributed by atoms with E-state index in [0.29, 0.717) is 11.3 Å². The number of nitrogens with zero attached hydrogens (tertiary/aromatic N) is 1. The summed E-state index contributed by atoms with van der Waals surface area (Å²) in [5.41, 5.74) is 0.410. The van der Waals surface area contributed by atoms with Crippen LogP contribution in [-0.4, -0.2) is 49.7 Å². The molecule has 0 heterocycles. The first-order chi connectivity index (χ1) is 12.5. The summed E-state index contributed by atoms with van der Waals surface area (Å²) in [4.78, 5) is 25.9. The molecule has 0 aromatic heterocycles. The van der Waals surface area contributed by atoms with Gasteiger partial charge in [-0.3, -0.25) is 0 Å². The van der Waals surface area contributed by atoms with Crippen LogP contribution in [0.2, 0.25) is 0 Å². The van der Waals surface area contributed by atoms with Crippen LogP contribution < -0.4 is 4.74 Å². The Morgan fingerprint density at radius 2 is 1.81 bits per heavy atom. The van der Waals surface area contributed by atoms with Gasteiger partial charge in [-0.15, -0.1) is 10.1 Å². The number of hydrogen-bond acceptors (Lipinski definition) is 8. The molecule has 1 unspecified atom stereocenters. The zero-order valence-corrected chi connectivity index (χ0v) is 14.1. The lowest BCUT2D eigenvalue weighted by molar-refractivity contribution is -0.758. The van der Waals surface area contributed by atoms with Crippen molar-refractivity contribution in [2.24, 2.45) is 0 Å². The number of fused-ring (bicyclic) bond motifs is 1. The number of hydrogen-bond donors (Lipinski definition) is 1. The Labute approximate surface area is 149 Å². The molecule has 1 atom stereocenters. The van der Waals surface area contributed by atoms with Gasteiger partial charge in [0.1, 0.15) is 19.0 Å². The number of rotatable bonds is 10. The van der Waals surface area contributed by atoms with Crippen molar-refractivity contribution in [2.75, 3.05) is 33.5 Å². The highest BCUT2D eigenvalue weighted by molar-refractivity contribution is 5.86. The summed E-state index contributed by atoms with van der Waals surface area (Å²) in [5.74, 6) is -0.0863. The highest BCUT2D eigenvalue weighted by Gasteiger charge is 2.19. The summed E-state index contributed by atoms with van der Waals surface area (Å²) in [6, 6.07) is 10.6. The molecule has 0 spiro atoms. The van der Waals surface area contributed by atoms with Crippen LogP contribution in [0, 0.1) is 10.1 Å². The lowest BCUT2D eigenvalue weighted by atomic mass is 10.0. The third-order valence-electron chi connectivity index (χ3n) is 3.51. The zero-order chi connectivity index (χ0) is 18.9. The average Bonchev–Trinajstić information content (AvgIpc) is 2.65. The van der Waals surface area contributed by atoms with Gasteiger partial charge in [0.25, 0.3) is 5.09 Å². The molecule has 9 nitrogen and oxygen atoms in total. The zero-order valence-electron chi connectivity index (χ0n) is 14.1. The molecule has 0 saturated carbocycles. The molecule has 0 fully saturated rings. The Bertz CT molecular complexity index is 764. The largest absolute Gasteiger partial charge is 0.497 e. The maximum Gasteiger partial charge on any atom is 0.339 e. The molecule has 0 aliphatic rings. The topological polar surface area (TPSA) is 117 Å². The molecular weight excluding hydrogens is 346 g/mol. The van der Waals surface area contributed by atoms with Gasteiger partial charge >= 0.3 is 5.97 Å². The third kappa shape index (κ3) is 5.57. The van der Waals surface area contributed by atoms with E-state index in [1.165, 1.54) is 0 Å². The van der Waals surface area contributed by atoms with E-state index in [-0.39, 0.29) is 26.4 Å². The molecule has 2 aromatic carbocycles. The monoisotopic (exact) mass is 365 g/mol. The number of aliphatic hydroxyl groups excluding tert-OH is 1. The Morgan fingerprint density at radius 1 is 1.12 bits per heavy atom. The van der Waals surface area contributed by atoms with Gasteiger partial charge in [-0.25, -0.2) is 4.79 Å². The van der Waals surface area contributed by atoms with E-state index in [1.54, 1.807) is 31.4 Å². The van der Waals surface area contributed by atoms with E-state index in [1.807, 2.05) is 12.1 Å². The van der Waals surface area contributed by atoms with Crippen molar-refractivity contribution in [2.45, 2.75) is 6.10 Å². The van der Waals surface area contributed by atoms with Gasteiger partial charge in [0.15, 0.2) is 6.10 Å². The predicted octanol–water partition coefficient (Wildman–Crippen LogP) is 1.65. The maximum atomic E-state index is 11.9. The fourth-order valence-corrected chi connectivity index (χ4v) is 2.23. The fourth-order valence-electron chi connectivity index (χ4n) is 2.23. The van der Waals surface area contributed by atoms with Crippen LogP contribution in [0.5, 0.6) is 5.75 Å². The van der Waals surface area contributed by atoms with E-state index in [9.17, 15) is 20.0 Å². The number of ether oxygens (including phenoxy) is 3. The smallest absolute Gasteiger partial charge is 0.339 e. The van der Waals surface area contributed by atoms with E-state index in [0.717, 1.165) is 10.8 Å². The van der Waals surface area contributed by atoms with E-state index in [4.69, 9.17) is 14.2 Å². The molecular formula is C17H19NO8. The van der Waals surface area contributed by atoms with Gasteiger partial charge in [0, 0.05) is 0 Å². The average molecular weight is 365 g/mol. The second kappa shape index (κ2) is 9.54. The minimum absolute atomic E-state index is 0.00474. The molecule has 140 valence electrons. The van der Waals surface area contributed by atoms with Crippen molar-refractivity contribution >= 4 is 16.7 Å². The standard InChI is InChI=1S/C17H19NO8/c1-23-15-5-4-12-10-14(3-2-13(12)11-15)16(19)17(20)25-8-6-24-7-9-26-18(21)22/h2-5,10-11,16,19H,6-9H2,1H3. The highest BCUT2D eigenvalue weighted by atomic mass is 17.0. The van der Waals surface area contributed by atoms with Gasteiger partial charge in [0.2, 0.25) is 0 Å². The number of benzene rings is 2. The first-order valence-corrected chi connectivity index (χ1v) is 7.78. The first kappa shape index (κ1) is 19.4. The van der Waals surface area contributed by atoms with Crippen LogP contribution in [-0.2, 0) is 19.1 Å². The van der Waals surface area contributed by atoms with Crippen molar-refractivity contribution in [1.82, 2.24) is 0 Å². The molecule has 9 heteroatoms. The Balaban J connectivity index is 1.82. The molecule has 26 heavy (non-hydrogen) atoms. The molecule has 2 aromatic rings. The van der Waals surface area contributed by atoms with Gasteiger partial charge in [-0.1, -0.05) is 18.2 Å². The molecule has 1 N–H and O–H groups in total. The Kier molecular flexibility index (Phi) is 7.12.